The Kier molecular flexibility index (Phi) is 2.92. The summed E-state index contributed by atoms with van der Waals surface area (Å²) >= 11 is 0. The van der Waals surface area contributed by atoms with Crippen LogP contribution in [-0.2, 0) is 4.74 Å². The van der Waals surface area contributed by atoms with Crippen LogP contribution in [-0.4, -0.2) is 31.2 Å². The second kappa shape index (κ2) is 4.18. The molecule has 1 aliphatic carbocycles. The fourth-order valence-electron chi connectivity index (χ4n) is 2.02. The normalized spacial score (nSPS) is 28.4. The molecule has 1 fully saturated rings. The minimum absolute atomic E-state index is 0.706. The maximum absolute atomic E-state index is 5.35. The second-order valence-electron chi connectivity index (χ2n) is 4.27. The Morgan fingerprint density at radius 3 is 2.64 bits per heavy atom. The number of hydrogen-bond acceptors (Lipinski definition) is 2. The molecule has 1 atom stereocenters. The average Bonchev–Trinajstić information content (AvgIpc) is 2.23. The summed E-state index contributed by atoms with van der Waals surface area (Å²) in [4.78, 5) is 2.46. The van der Waals surface area contributed by atoms with E-state index in [1.807, 2.05) is 0 Å². The molecule has 1 heterocycles. The monoisotopic (exact) mass is 193 g/mol. The largest absolute Gasteiger partial charge is 0.378 e. The van der Waals surface area contributed by atoms with Gasteiger partial charge < -0.3 is 9.64 Å². The van der Waals surface area contributed by atoms with E-state index in [2.05, 4.69) is 30.9 Å². The number of nitrogens with zero attached hydrogens (tertiary/aromatic N) is 1. The van der Waals surface area contributed by atoms with E-state index < -0.39 is 0 Å². The van der Waals surface area contributed by atoms with E-state index in [0.717, 1.165) is 26.3 Å². The van der Waals surface area contributed by atoms with Crippen molar-refractivity contribution in [3.8, 4) is 0 Å². The van der Waals surface area contributed by atoms with Crippen LogP contribution in [0, 0.1) is 5.92 Å². The summed E-state index contributed by atoms with van der Waals surface area (Å²) in [6.45, 7) is 8.41. The first kappa shape index (κ1) is 9.78. The van der Waals surface area contributed by atoms with Gasteiger partial charge in [-0.25, -0.2) is 0 Å². The smallest absolute Gasteiger partial charge is 0.0642 e. The zero-order valence-corrected chi connectivity index (χ0v) is 9.12. The third-order valence-corrected chi connectivity index (χ3v) is 3.25. The summed E-state index contributed by atoms with van der Waals surface area (Å²) in [7, 11) is 0. The molecular weight excluding hydrogens is 174 g/mol. The third-order valence-electron chi connectivity index (χ3n) is 3.25. The van der Waals surface area contributed by atoms with Crippen molar-refractivity contribution < 1.29 is 4.74 Å². The van der Waals surface area contributed by atoms with Gasteiger partial charge in [-0.2, -0.15) is 0 Å². The first-order valence-electron chi connectivity index (χ1n) is 5.47. The Morgan fingerprint density at radius 1 is 1.29 bits per heavy atom. The Labute approximate surface area is 86.2 Å². The maximum Gasteiger partial charge on any atom is 0.0642 e. The van der Waals surface area contributed by atoms with Gasteiger partial charge in [0.05, 0.1) is 13.2 Å². The standard InChI is InChI=1S/C12H19NO/c1-10-3-4-12(9-11(10)2)13-5-7-14-8-6-13/h3-4,11H,5-9H2,1-2H3. The van der Waals surface area contributed by atoms with Gasteiger partial charge in [-0.15, -0.1) is 0 Å². The molecule has 0 aromatic heterocycles. The van der Waals surface area contributed by atoms with Gasteiger partial charge in [0.1, 0.15) is 0 Å². The highest BCUT2D eigenvalue weighted by molar-refractivity contribution is 5.24. The zero-order valence-electron chi connectivity index (χ0n) is 9.12. The zero-order chi connectivity index (χ0) is 9.97. The van der Waals surface area contributed by atoms with Crippen LogP contribution in [0.15, 0.2) is 23.4 Å². The highest BCUT2D eigenvalue weighted by atomic mass is 16.5. The second-order valence-corrected chi connectivity index (χ2v) is 4.27. The lowest BCUT2D eigenvalue weighted by Crippen LogP contribution is -2.36. The summed E-state index contributed by atoms with van der Waals surface area (Å²) in [5.41, 5.74) is 2.99. The maximum atomic E-state index is 5.35. The van der Waals surface area contributed by atoms with Gasteiger partial charge in [-0.05, 0) is 25.3 Å². The molecule has 1 saturated heterocycles. The van der Waals surface area contributed by atoms with Gasteiger partial charge in [0.25, 0.3) is 0 Å². The first-order valence-corrected chi connectivity index (χ1v) is 5.47. The van der Waals surface area contributed by atoms with Crippen LogP contribution in [0.1, 0.15) is 20.3 Å². The van der Waals surface area contributed by atoms with Crippen molar-refractivity contribution in [1.82, 2.24) is 4.90 Å². The van der Waals surface area contributed by atoms with Crippen molar-refractivity contribution in [3.63, 3.8) is 0 Å². The molecule has 0 aromatic rings. The highest BCUT2D eigenvalue weighted by Gasteiger charge is 2.18. The lowest BCUT2D eigenvalue weighted by Gasteiger charge is -2.33. The molecule has 0 spiro atoms. The van der Waals surface area contributed by atoms with Crippen molar-refractivity contribution in [2.75, 3.05) is 26.3 Å². The van der Waals surface area contributed by atoms with Crippen LogP contribution in [0.3, 0.4) is 0 Å². The summed E-state index contributed by atoms with van der Waals surface area (Å²) in [5.74, 6) is 0.706. The summed E-state index contributed by atoms with van der Waals surface area (Å²) in [5, 5.41) is 0. The summed E-state index contributed by atoms with van der Waals surface area (Å²) in [6.07, 6.45) is 5.74. The lowest BCUT2D eigenvalue weighted by atomic mass is 9.92. The molecule has 2 aliphatic rings. The Bertz CT molecular complexity index is 261. The molecule has 0 N–H and O–H groups in total. The number of ether oxygens (including phenoxy) is 1. The van der Waals surface area contributed by atoms with Gasteiger partial charge in [0.2, 0.25) is 0 Å². The van der Waals surface area contributed by atoms with E-state index >= 15 is 0 Å². The van der Waals surface area contributed by atoms with E-state index in [9.17, 15) is 0 Å². The van der Waals surface area contributed by atoms with Crippen LogP contribution in [0.25, 0.3) is 0 Å². The van der Waals surface area contributed by atoms with Gasteiger partial charge in [0.15, 0.2) is 0 Å². The summed E-state index contributed by atoms with van der Waals surface area (Å²) in [6, 6.07) is 0. The van der Waals surface area contributed by atoms with Crippen LogP contribution >= 0.6 is 0 Å². The van der Waals surface area contributed by atoms with Crippen molar-refractivity contribution in [2.45, 2.75) is 20.3 Å². The number of allylic oxidation sites excluding steroid dienone is 4. The fraction of sp³-hybridized carbons (Fsp3) is 0.667. The van der Waals surface area contributed by atoms with Gasteiger partial charge in [-0.3, -0.25) is 0 Å². The average molecular weight is 193 g/mol. The molecule has 2 nitrogen and oxygen atoms in total. The van der Waals surface area contributed by atoms with Crippen LogP contribution in [0.2, 0.25) is 0 Å². The predicted octanol–water partition coefficient (Wildman–Crippen LogP) is 2.19. The lowest BCUT2D eigenvalue weighted by molar-refractivity contribution is 0.0512. The molecule has 0 amide bonds. The molecule has 1 unspecified atom stereocenters. The van der Waals surface area contributed by atoms with E-state index in [1.165, 1.54) is 17.7 Å². The molecule has 0 saturated carbocycles. The quantitative estimate of drug-likeness (QED) is 0.633. The van der Waals surface area contributed by atoms with Crippen LogP contribution in [0.4, 0.5) is 0 Å². The van der Waals surface area contributed by atoms with Gasteiger partial charge in [-0.1, -0.05) is 18.6 Å². The van der Waals surface area contributed by atoms with E-state index in [1.54, 1.807) is 0 Å². The van der Waals surface area contributed by atoms with Gasteiger partial charge in [0, 0.05) is 18.8 Å². The molecule has 2 heteroatoms. The van der Waals surface area contributed by atoms with Crippen molar-refractivity contribution in [3.05, 3.63) is 23.4 Å². The minimum atomic E-state index is 0.706. The highest BCUT2D eigenvalue weighted by Crippen LogP contribution is 2.26. The minimum Gasteiger partial charge on any atom is -0.378 e. The fourth-order valence-corrected chi connectivity index (χ4v) is 2.02. The van der Waals surface area contributed by atoms with Gasteiger partial charge >= 0.3 is 0 Å². The SMILES string of the molecule is CC1=CC=C(N2CCOCC2)CC1C. The molecule has 0 bridgehead atoms. The van der Waals surface area contributed by atoms with Crippen LogP contribution < -0.4 is 0 Å². The first-order chi connectivity index (χ1) is 6.77. The molecular formula is C12H19NO. The molecule has 0 aromatic carbocycles. The number of rotatable bonds is 1. The van der Waals surface area contributed by atoms with E-state index in [-0.39, 0.29) is 0 Å². The van der Waals surface area contributed by atoms with Crippen LogP contribution in [0.5, 0.6) is 0 Å². The summed E-state index contributed by atoms with van der Waals surface area (Å²) < 4.78 is 5.35. The number of morpholine rings is 1. The van der Waals surface area contributed by atoms with E-state index in [0.29, 0.717) is 5.92 Å². The van der Waals surface area contributed by atoms with Crippen molar-refractivity contribution >= 4 is 0 Å². The van der Waals surface area contributed by atoms with E-state index in [4.69, 9.17) is 4.74 Å². The molecule has 14 heavy (non-hydrogen) atoms. The third kappa shape index (κ3) is 2.01. The number of hydrogen-bond donors (Lipinski definition) is 0. The molecule has 0 radical (unpaired) electrons. The van der Waals surface area contributed by atoms with Crippen molar-refractivity contribution in [2.24, 2.45) is 5.92 Å². The predicted molar refractivity (Wildman–Crippen MR) is 58.0 cm³/mol. The van der Waals surface area contributed by atoms with Crippen molar-refractivity contribution in [1.29, 1.82) is 0 Å². The Hall–Kier alpha value is -0.760. The Morgan fingerprint density at radius 2 is 2.00 bits per heavy atom. The molecule has 1 aliphatic heterocycles. The molecule has 2 rings (SSSR count). The topological polar surface area (TPSA) is 12.5 Å². The molecule has 78 valence electrons. The Balaban J connectivity index is 2.04.